The Morgan fingerprint density at radius 3 is 2.60 bits per heavy atom. The van der Waals surface area contributed by atoms with E-state index < -0.39 is 6.04 Å². The van der Waals surface area contributed by atoms with Crippen LogP contribution in [0.5, 0.6) is 0 Å². The minimum absolute atomic E-state index is 0.0975. The molecule has 2 aromatic heterocycles. The summed E-state index contributed by atoms with van der Waals surface area (Å²) in [5, 5.41) is 0.446. The highest BCUT2D eigenvalue weighted by atomic mass is 79.9. The first-order valence-electron chi connectivity index (χ1n) is 9.30. The van der Waals surface area contributed by atoms with Crippen LogP contribution in [-0.4, -0.2) is 17.1 Å². The Morgan fingerprint density at radius 1 is 1.10 bits per heavy atom. The van der Waals surface area contributed by atoms with Crippen molar-refractivity contribution in [2.24, 2.45) is 0 Å². The van der Waals surface area contributed by atoms with Gasteiger partial charge in [-0.1, -0.05) is 28.1 Å². The van der Waals surface area contributed by atoms with E-state index in [1.54, 1.807) is 47.2 Å². The van der Waals surface area contributed by atoms with Crippen molar-refractivity contribution >= 4 is 44.6 Å². The molecule has 4 aromatic rings. The molecule has 0 N–H and O–H groups in total. The van der Waals surface area contributed by atoms with E-state index in [-0.39, 0.29) is 23.6 Å². The molecular weight excluding hydrogens is 466 g/mol. The van der Waals surface area contributed by atoms with Crippen molar-refractivity contribution in [3.63, 3.8) is 0 Å². The Labute approximate surface area is 184 Å². The first-order chi connectivity index (χ1) is 14.6. The molecule has 0 radical (unpaired) electrons. The molecule has 0 bridgehead atoms. The maximum atomic E-state index is 13.5. The highest BCUT2D eigenvalue weighted by Crippen LogP contribution is 2.39. The van der Waals surface area contributed by atoms with Crippen LogP contribution in [0.25, 0.3) is 11.0 Å². The average Bonchev–Trinajstić information content (AvgIpc) is 3.37. The standard InChI is InChI=1S/C23H16BrNO4S/c1-30-16-7-4-13(5-8-16)20-19-21(26)17-11-14(24)6-9-18(17)29-22(19)23(27)25(20)12-15-3-2-10-28-15/h2-11,20H,12H2,1H3/t20-/m0/s1. The van der Waals surface area contributed by atoms with Crippen molar-refractivity contribution in [3.05, 3.63) is 98.2 Å². The van der Waals surface area contributed by atoms with E-state index in [4.69, 9.17) is 8.83 Å². The topological polar surface area (TPSA) is 63.7 Å². The molecule has 0 aliphatic carbocycles. The summed E-state index contributed by atoms with van der Waals surface area (Å²) in [6.45, 7) is 0.241. The Morgan fingerprint density at radius 2 is 1.90 bits per heavy atom. The van der Waals surface area contributed by atoms with Crippen molar-refractivity contribution in [3.8, 4) is 0 Å². The van der Waals surface area contributed by atoms with E-state index in [0.717, 1.165) is 14.9 Å². The number of thioether (sulfide) groups is 1. The molecule has 5 nitrogen and oxygen atoms in total. The van der Waals surface area contributed by atoms with Gasteiger partial charge >= 0.3 is 0 Å². The fourth-order valence-electron chi connectivity index (χ4n) is 3.86. The lowest BCUT2D eigenvalue weighted by Crippen LogP contribution is -2.29. The van der Waals surface area contributed by atoms with Gasteiger partial charge in [-0.25, -0.2) is 0 Å². The van der Waals surface area contributed by atoms with Crippen LogP contribution in [0.1, 0.15) is 33.5 Å². The highest BCUT2D eigenvalue weighted by molar-refractivity contribution is 9.10. The van der Waals surface area contributed by atoms with Crippen molar-refractivity contribution in [2.75, 3.05) is 6.26 Å². The second kappa shape index (κ2) is 7.49. The monoisotopic (exact) mass is 481 g/mol. The molecule has 30 heavy (non-hydrogen) atoms. The Bertz CT molecular complexity index is 1310. The largest absolute Gasteiger partial charge is 0.467 e. The third-order valence-corrected chi connectivity index (χ3v) is 6.50. The second-order valence-corrected chi connectivity index (χ2v) is 8.80. The summed E-state index contributed by atoms with van der Waals surface area (Å²) in [5.74, 6) is 0.421. The number of furan rings is 1. The van der Waals surface area contributed by atoms with Crippen LogP contribution in [0.3, 0.4) is 0 Å². The number of nitrogens with zero attached hydrogens (tertiary/aromatic N) is 1. The number of rotatable bonds is 4. The molecule has 0 saturated heterocycles. The molecule has 2 aromatic carbocycles. The summed E-state index contributed by atoms with van der Waals surface area (Å²) in [6.07, 6.45) is 3.58. The van der Waals surface area contributed by atoms with E-state index in [1.165, 1.54) is 0 Å². The molecule has 1 aliphatic heterocycles. The van der Waals surface area contributed by atoms with E-state index in [0.29, 0.717) is 22.3 Å². The van der Waals surface area contributed by atoms with Crippen LogP contribution in [0.4, 0.5) is 0 Å². The predicted octanol–water partition coefficient (Wildman–Crippen LogP) is 5.62. The third-order valence-electron chi connectivity index (χ3n) is 5.27. The molecule has 0 unspecified atom stereocenters. The van der Waals surface area contributed by atoms with Gasteiger partial charge in [0.05, 0.1) is 29.8 Å². The van der Waals surface area contributed by atoms with Gasteiger partial charge < -0.3 is 13.7 Å². The lowest BCUT2D eigenvalue weighted by Gasteiger charge is -2.24. The highest BCUT2D eigenvalue weighted by Gasteiger charge is 2.43. The summed E-state index contributed by atoms with van der Waals surface area (Å²) in [5.41, 5.74) is 1.43. The summed E-state index contributed by atoms with van der Waals surface area (Å²) in [6, 6.07) is 16.2. The molecule has 150 valence electrons. The SMILES string of the molecule is CSc1ccc([C@H]2c3c(oc4ccc(Br)cc4c3=O)C(=O)N2Cc2ccco2)cc1. The van der Waals surface area contributed by atoms with Crippen LogP contribution in [-0.2, 0) is 6.54 Å². The molecule has 0 fully saturated rings. The summed E-state index contributed by atoms with van der Waals surface area (Å²) in [4.78, 5) is 29.6. The number of halogens is 1. The second-order valence-electron chi connectivity index (χ2n) is 7.00. The summed E-state index contributed by atoms with van der Waals surface area (Å²) >= 11 is 5.05. The zero-order chi connectivity index (χ0) is 20.8. The molecule has 0 spiro atoms. The minimum Gasteiger partial charge on any atom is -0.467 e. The number of carbonyl (C=O) groups excluding carboxylic acids is 1. The molecule has 1 aliphatic rings. The molecule has 1 atom stereocenters. The maximum absolute atomic E-state index is 13.5. The van der Waals surface area contributed by atoms with E-state index in [2.05, 4.69) is 15.9 Å². The fraction of sp³-hybridized carbons (Fsp3) is 0.130. The van der Waals surface area contributed by atoms with Gasteiger partial charge in [-0.2, -0.15) is 0 Å². The number of carbonyl (C=O) groups is 1. The van der Waals surface area contributed by atoms with Crippen LogP contribution in [0, 0.1) is 0 Å². The quantitative estimate of drug-likeness (QED) is 0.354. The minimum atomic E-state index is -0.548. The van der Waals surface area contributed by atoms with Crippen molar-refractivity contribution in [1.29, 1.82) is 0 Å². The number of benzene rings is 2. The van der Waals surface area contributed by atoms with Gasteiger partial charge in [-0.3, -0.25) is 9.59 Å². The third kappa shape index (κ3) is 3.09. The number of hydrogen-bond acceptors (Lipinski definition) is 5. The van der Waals surface area contributed by atoms with Crippen molar-refractivity contribution in [1.82, 2.24) is 4.90 Å². The summed E-state index contributed by atoms with van der Waals surface area (Å²) < 4.78 is 12.2. The normalized spacial score (nSPS) is 15.7. The molecule has 7 heteroatoms. The first-order valence-corrected chi connectivity index (χ1v) is 11.3. The van der Waals surface area contributed by atoms with E-state index >= 15 is 0 Å². The van der Waals surface area contributed by atoms with Gasteiger partial charge in [0, 0.05) is 9.37 Å². The van der Waals surface area contributed by atoms with Crippen LogP contribution < -0.4 is 5.43 Å². The molecular formula is C23H16BrNO4S. The van der Waals surface area contributed by atoms with Gasteiger partial charge in [-0.15, -0.1) is 11.8 Å². The van der Waals surface area contributed by atoms with Crippen LogP contribution in [0.2, 0.25) is 0 Å². The lowest BCUT2D eigenvalue weighted by atomic mass is 9.98. The number of fused-ring (bicyclic) bond motifs is 2. The zero-order valence-electron chi connectivity index (χ0n) is 15.9. The van der Waals surface area contributed by atoms with Crippen LogP contribution in [0.15, 0.2) is 83.9 Å². The zero-order valence-corrected chi connectivity index (χ0v) is 18.3. The van der Waals surface area contributed by atoms with Gasteiger partial charge in [0.25, 0.3) is 5.91 Å². The maximum Gasteiger partial charge on any atom is 0.291 e. The number of amides is 1. The predicted molar refractivity (Wildman–Crippen MR) is 119 cm³/mol. The van der Waals surface area contributed by atoms with E-state index in [1.807, 2.05) is 36.6 Å². The molecule has 0 saturated carbocycles. The Hall–Kier alpha value is -2.77. The van der Waals surface area contributed by atoms with Gasteiger partial charge in [0.2, 0.25) is 5.76 Å². The Kier molecular flexibility index (Phi) is 4.79. The lowest BCUT2D eigenvalue weighted by molar-refractivity contribution is 0.0701. The van der Waals surface area contributed by atoms with Gasteiger partial charge in [0.15, 0.2) is 5.43 Å². The molecule has 1 amide bonds. The van der Waals surface area contributed by atoms with Gasteiger partial charge in [-0.05, 0) is 54.3 Å². The van der Waals surface area contributed by atoms with Gasteiger partial charge in [0.1, 0.15) is 11.3 Å². The Balaban J connectivity index is 1.73. The van der Waals surface area contributed by atoms with Crippen LogP contribution >= 0.6 is 27.7 Å². The smallest absolute Gasteiger partial charge is 0.291 e. The fourth-order valence-corrected chi connectivity index (χ4v) is 4.63. The average molecular weight is 482 g/mol. The molecule has 3 heterocycles. The summed E-state index contributed by atoms with van der Waals surface area (Å²) in [7, 11) is 0. The number of hydrogen-bond donors (Lipinski definition) is 0. The van der Waals surface area contributed by atoms with Crippen molar-refractivity contribution < 1.29 is 13.6 Å². The molecule has 5 rings (SSSR count). The van der Waals surface area contributed by atoms with E-state index in [9.17, 15) is 9.59 Å². The van der Waals surface area contributed by atoms with Crippen molar-refractivity contribution in [2.45, 2.75) is 17.5 Å². The first kappa shape index (κ1) is 19.2.